The van der Waals surface area contributed by atoms with Gasteiger partial charge in [-0.3, -0.25) is 4.79 Å². The molecule has 1 fully saturated rings. The fourth-order valence-corrected chi connectivity index (χ4v) is 3.68. The second kappa shape index (κ2) is 7.58. The summed E-state index contributed by atoms with van der Waals surface area (Å²) >= 11 is 0. The number of aromatic nitrogens is 2. The van der Waals surface area contributed by atoms with Crippen molar-refractivity contribution in [2.45, 2.75) is 38.1 Å². The van der Waals surface area contributed by atoms with Gasteiger partial charge in [-0.2, -0.15) is 0 Å². The first kappa shape index (κ1) is 18.4. The van der Waals surface area contributed by atoms with Crippen LogP contribution in [0.15, 0.2) is 60.8 Å². The number of aryl methyl sites for hydroxylation is 1. The van der Waals surface area contributed by atoms with E-state index in [4.69, 9.17) is 0 Å². The Bertz CT molecular complexity index is 959. The molecule has 0 radical (unpaired) electrons. The van der Waals surface area contributed by atoms with Crippen molar-refractivity contribution in [1.29, 1.82) is 0 Å². The smallest absolute Gasteiger partial charge is 0.230 e. The van der Waals surface area contributed by atoms with Crippen LogP contribution in [0, 0.1) is 12.7 Å². The number of hydrogen-bond donors (Lipinski definition) is 1. The normalized spacial score (nSPS) is 14.6. The zero-order valence-electron chi connectivity index (χ0n) is 16.0. The van der Waals surface area contributed by atoms with Crippen molar-refractivity contribution >= 4 is 5.91 Å². The molecule has 1 aliphatic rings. The minimum absolute atomic E-state index is 0.104. The first-order chi connectivity index (χ1) is 13.6. The predicted molar refractivity (Wildman–Crippen MR) is 107 cm³/mol. The summed E-state index contributed by atoms with van der Waals surface area (Å²) in [5.41, 5.74) is 2.82. The van der Waals surface area contributed by atoms with Gasteiger partial charge in [-0.1, -0.05) is 42.5 Å². The van der Waals surface area contributed by atoms with Crippen molar-refractivity contribution in [3.05, 3.63) is 89.3 Å². The molecule has 144 valence electrons. The molecule has 28 heavy (non-hydrogen) atoms. The van der Waals surface area contributed by atoms with Crippen molar-refractivity contribution in [3.8, 4) is 0 Å². The minimum Gasteiger partial charge on any atom is -0.355 e. The van der Waals surface area contributed by atoms with Crippen LogP contribution in [0.5, 0.6) is 0 Å². The Morgan fingerprint density at radius 3 is 2.54 bits per heavy atom. The standard InChI is InChI=1S/C23H24FN3O/c1-17-15-26-21(27(17)16-18-7-9-20(24)10-8-18)11-14-25-22(28)23(12-13-23)19-5-3-2-4-6-19/h2-10,15H,11-14,16H2,1H3,(H,25,28). The van der Waals surface area contributed by atoms with E-state index in [1.807, 2.05) is 43.5 Å². The SMILES string of the molecule is Cc1cnc(CCNC(=O)C2(c3ccccc3)CC2)n1Cc1ccc(F)cc1. The number of imidazole rings is 1. The van der Waals surface area contributed by atoms with Gasteiger partial charge in [0, 0.05) is 31.4 Å². The quantitative estimate of drug-likeness (QED) is 0.681. The molecule has 2 aromatic carbocycles. The molecule has 1 aromatic heterocycles. The van der Waals surface area contributed by atoms with Gasteiger partial charge in [-0.05, 0) is 43.0 Å². The zero-order valence-corrected chi connectivity index (χ0v) is 16.0. The number of nitrogens with zero attached hydrogens (tertiary/aromatic N) is 2. The molecule has 3 aromatic rings. The van der Waals surface area contributed by atoms with Gasteiger partial charge in [0.15, 0.2) is 0 Å². The van der Waals surface area contributed by atoms with Gasteiger partial charge in [0.05, 0.1) is 5.41 Å². The summed E-state index contributed by atoms with van der Waals surface area (Å²) in [5.74, 6) is 0.792. The highest BCUT2D eigenvalue weighted by molar-refractivity contribution is 5.91. The molecule has 0 spiro atoms. The Hall–Kier alpha value is -2.95. The predicted octanol–water partition coefficient (Wildman–Crippen LogP) is 3.77. The van der Waals surface area contributed by atoms with Crippen molar-refractivity contribution in [1.82, 2.24) is 14.9 Å². The maximum Gasteiger partial charge on any atom is 0.230 e. The maximum absolute atomic E-state index is 13.1. The summed E-state index contributed by atoms with van der Waals surface area (Å²) in [5, 5.41) is 3.10. The lowest BCUT2D eigenvalue weighted by molar-refractivity contribution is -0.123. The van der Waals surface area contributed by atoms with E-state index < -0.39 is 0 Å². The van der Waals surface area contributed by atoms with E-state index in [0.717, 1.165) is 35.5 Å². The molecular weight excluding hydrogens is 353 g/mol. The summed E-state index contributed by atoms with van der Waals surface area (Å²) in [6, 6.07) is 16.5. The third-order valence-electron chi connectivity index (χ3n) is 5.54. The van der Waals surface area contributed by atoms with Crippen molar-refractivity contribution < 1.29 is 9.18 Å². The zero-order chi connectivity index (χ0) is 19.6. The first-order valence-corrected chi connectivity index (χ1v) is 9.68. The van der Waals surface area contributed by atoms with E-state index in [2.05, 4.69) is 14.9 Å². The Labute approximate surface area is 164 Å². The first-order valence-electron chi connectivity index (χ1n) is 9.68. The highest BCUT2D eigenvalue weighted by Crippen LogP contribution is 2.48. The van der Waals surface area contributed by atoms with Crippen LogP contribution in [-0.2, 0) is 23.2 Å². The molecule has 1 amide bonds. The highest BCUT2D eigenvalue weighted by atomic mass is 19.1. The van der Waals surface area contributed by atoms with Crippen LogP contribution >= 0.6 is 0 Å². The van der Waals surface area contributed by atoms with Crippen LogP contribution < -0.4 is 5.32 Å². The lowest BCUT2D eigenvalue weighted by atomic mass is 9.95. The number of hydrogen-bond acceptors (Lipinski definition) is 2. The number of nitrogens with one attached hydrogen (secondary N) is 1. The average Bonchev–Trinajstić information content (AvgIpc) is 3.46. The topological polar surface area (TPSA) is 46.9 Å². The van der Waals surface area contributed by atoms with Gasteiger partial charge in [-0.15, -0.1) is 0 Å². The molecule has 4 nitrogen and oxygen atoms in total. The fourth-order valence-electron chi connectivity index (χ4n) is 3.68. The van der Waals surface area contributed by atoms with Gasteiger partial charge in [0.2, 0.25) is 5.91 Å². The lowest BCUT2D eigenvalue weighted by Crippen LogP contribution is -2.36. The molecule has 1 heterocycles. The summed E-state index contributed by atoms with van der Waals surface area (Å²) in [4.78, 5) is 17.3. The number of amides is 1. The summed E-state index contributed by atoms with van der Waals surface area (Å²) < 4.78 is 15.2. The third kappa shape index (κ3) is 3.70. The Balaban J connectivity index is 1.38. The molecule has 1 saturated carbocycles. The van der Waals surface area contributed by atoms with E-state index in [0.29, 0.717) is 19.5 Å². The van der Waals surface area contributed by atoms with Gasteiger partial charge < -0.3 is 9.88 Å². The fraction of sp³-hybridized carbons (Fsp3) is 0.304. The molecule has 1 N–H and O–H groups in total. The van der Waals surface area contributed by atoms with Crippen LogP contribution in [0.2, 0.25) is 0 Å². The summed E-state index contributed by atoms with van der Waals surface area (Å²) in [6.07, 6.45) is 4.31. The van der Waals surface area contributed by atoms with Crippen molar-refractivity contribution in [3.63, 3.8) is 0 Å². The monoisotopic (exact) mass is 377 g/mol. The van der Waals surface area contributed by atoms with E-state index >= 15 is 0 Å². The van der Waals surface area contributed by atoms with Crippen LogP contribution in [0.25, 0.3) is 0 Å². The lowest BCUT2D eigenvalue weighted by Gasteiger charge is -2.16. The summed E-state index contributed by atoms with van der Waals surface area (Å²) in [6.45, 7) is 3.20. The van der Waals surface area contributed by atoms with Gasteiger partial charge in [0.1, 0.15) is 11.6 Å². The van der Waals surface area contributed by atoms with Crippen molar-refractivity contribution in [2.24, 2.45) is 0 Å². The molecule has 0 aliphatic heterocycles. The maximum atomic E-state index is 13.1. The number of halogens is 1. The number of rotatable bonds is 7. The van der Waals surface area contributed by atoms with Crippen molar-refractivity contribution in [2.75, 3.05) is 6.54 Å². The van der Waals surface area contributed by atoms with Gasteiger partial charge in [0.25, 0.3) is 0 Å². The Morgan fingerprint density at radius 1 is 1.14 bits per heavy atom. The number of carbonyl (C=O) groups is 1. The van der Waals surface area contributed by atoms with E-state index in [1.165, 1.54) is 12.1 Å². The second-order valence-corrected chi connectivity index (χ2v) is 7.48. The molecule has 0 atom stereocenters. The number of carbonyl (C=O) groups excluding carboxylic acids is 1. The van der Waals surface area contributed by atoms with Crippen LogP contribution in [0.4, 0.5) is 4.39 Å². The molecule has 0 unspecified atom stereocenters. The van der Waals surface area contributed by atoms with Crippen LogP contribution in [0.1, 0.15) is 35.5 Å². The van der Waals surface area contributed by atoms with E-state index in [9.17, 15) is 9.18 Å². The van der Waals surface area contributed by atoms with Gasteiger partial charge >= 0.3 is 0 Å². The molecular formula is C23H24FN3O. The minimum atomic E-state index is -0.347. The molecule has 5 heteroatoms. The molecule has 1 aliphatic carbocycles. The highest BCUT2D eigenvalue weighted by Gasteiger charge is 2.50. The van der Waals surface area contributed by atoms with Gasteiger partial charge in [-0.25, -0.2) is 9.37 Å². The Morgan fingerprint density at radius 2 is 1.86 bits per heavy atom. The van der Waals surface area contributed by atoms with Crippen LogP contribution in [-0.4, -0.2) is 22.0 Å². The second-order valence-electron chi connectivity index (χ2n) is 7.48. The Kier molecular flexibility index (Phi) is 4.99. The average molecular weight is 377 g/mol. The largest absolute Gasteiger partial charge is 0.355 e. The van der Waals surface area contributed by atoms with Crippen LogP contribution in [0.3, 0.4) is 0 Å². The van der Waals surface area contributed by atoms with E-state index in [-0.39, 0.29) is 17.1 Å². The molecule has 4 rings (SSSR count). The molecule has 0 saturated heterocycles. The van der Waals surface area contributed by atoms with E-state index in [1.54, 1.807) is 12.1 Å². The number of benzene rings is 2. The third-order valence-corrected chi connectivity index (χ3v) is 5.54. The summed E-state index contributed by atoms with van der Waals surface area (Å²) in [7, 11) is 0. The molecule has 0 bridgehead atoms.